The minimum atomic E-state index is -1.08. The Bertz CT molecular complexity index is 1350. The number of hydrogen-bond donors (Lipinski definition) is 1. The lowest BCUT2D eigenvalue weighted by molar-refractivity contribution is -0.117. The second-order valence-corrected chi connectivity index (χ2v) is 8.19. The number of amides is 2. The zero-order chi connectivity index (χ0) is 26.2. The van der Waals surface area contributed by atoms with Gasteiger partial charge in [-0.2, -0.15) is 0 Å². The molecule has 2 amide bonds. The molecule has 4 rings (SSSR count). The number of rotatable bonds is 9. The average molecular weight is 499 g/mol. The van der Waals surface area contributed by atoms with Gasteiger partial charge in [-0.15, -0.1) is 0 Å². The van der Waals surface area contributed by atoms with E-state index in [0.717, 1.165) is 12.0 Å². The van der Waals surface area contributed by atoms with Crippen molar-refractivity contribution in [1.82, 2.24) is 9.97 Å². The molecular weight excluding hydrogens is 471 g/mol. The van der Waals surface area contributed by atoms with Crippen molar-refractivity contribution in [1.29, 1.82) is 0 Å². The molecule has 1 heterocycles. The second kappa shape index (κ2) is 11.9. The molecule has 0 aliphatic heterocycles. The first-order chi connectivity index (χ1) is 18.0. The highest BCUT2D eigenvalue weighted by atomic mass is 19.1. The van der Waals surface area contributed by atoms with Crippen LogP contribution in [0.2, 0.25) is 0 Å². The normalized spacial score (nSPS) is 11.4. The topological polar surface area (TPSA) is 84.4 Å². The molecule has 1 N–H and O–H groups in total. The summed E-state index contributed by atoms with van der Waals surface area (Å²) >= 11 is 0. The summed E-state index contributed by atoms with van der Waals surface area (Å²) in [5.41, 5.74) is 2.61. The summed E-state index contributed by atoms with van der Waals surface area (Å²) in [6.45, 7) is 4.34. The van der Waals surface area contributed by atoms with Crippen LogP contribution in [0, 0.1) is 5.82 Å². The minimum absolute atomic E-state index is 0.0778. The van der Waals surface area contributed by atoms with Gasteiger partial charge in [-0.1, -0.05) is 37.3 Å². The van der Waals surface area contributed by atoms with Gasteiger partial charge in [0.2, 0.25) is 0 Å². The number of aryl methyl sites for hydroxylation is 1. The fraction of sp³-hybridized carbons (Fsp3) is 0.172. The standard InChI is InChI=1S/C29H27FN4O3/c1-3-20-8-10-21(11-9-20)27(28(35)33-23-14-12-22(30)13-15-23)34(29(36)26-19-31-16-17-32-26)24-6-5-7-25(18-24)37-4-2/h5-19,27H,3-4H2,1-2H3,(H,33,35). The van der Waals surface area contributed by atoms with E-state index in [1.165, 1.54) is 47.8 Å². The van der Waals surface area contributed by atoms with Crippen LogP contribution in [0.3, 0.4) is 0 Å². The highest BCUT2D eigenvalue weighted by Crippen LogP contribution is 2.32. The molecule has 0 spiro atoms. The lowest BCUT2D eigenvalue weighted by atomic mass is 10.00. The van der Waals surface area contributed by atoms with Gasteiger partial charge in [-0.3, -0.25) is 19.5 Å². The van der Waals surface area contributed by atoms with Gasteiger partial charge >= 0.3 is 0 Å². The molecule has 0 aliphatic rings. The number of anilines is 2. The van der Waals surface area contributed by atoms with E-state index in [1.54, 1.807) is 24.3 Å². The van der Waals surface area contributed by atoms with Gasteiger partial charge in [-0.05, 0) is 60.9 Å². The molecule has 0 aliphatic carbocycles. The van der Waals surface area contributed by atoms with E-state index in [0.29, 0.717) is 29.3 Å². The largest absolute Gasteiger partial charge is 0.494 e. The van der Waals surface area contributed by atoms with E-state index in [-0.39, 0.29) is 5.69 Å². The summed E-state index contributed by atoms with van der Waals surface area (Å²) in [7, 11) is 0. The molecule has 0 saturated heterocycles. The Morgan fingerprint density at radius 3 is 2.41 bits per heavy atom. The number of benzene rings is 3. The fourth-order valence-corrected chi connectivity index (χ4v) is 3.90. The molecule has 8 heteroatoms. The molecule has 1 aromatic heterocycles. The minimum Gasteiger partial charge on any atom is -0.494 e. The quantitative estimate of drug-likeness (QED) is 0.325. The van der Waals surface area contributed by atoms with Crippen LogP contribution in [0.15, 0.2) is 91.4 Å². The van der Waals surface area contributed by atoms with Crippen molar-refractivity contribution in [3.8, 4) is 5.75 Å². The summed E-state index contributed by atoms with van der Waals surface area (Å²) in [5.74, 6) is -0.858. The molecule has 1 unspecified atom stereocenters. The fourth-order valence-electron chi connectivity index (χ4n) is 3.90. The Balaban J connectivity index is 1.85. The Kier molecular flexibility index (Phi) is 8.20. The number of carbonyl (C=O) groups excluding carboxylic acids is 2. The van der Waals surface area contributed by atoms with E-state index in [9.17, 15) is 14.0 Å². The predicted octanol–water partition coefficient (Wildman–Crippen LogP) is 5.60. The van der Waals surface area contributed by atoms with Gasteiger partial charge in [0.05, 0.1) is 12.8 Å². The number of hydrogen-bond acceptors (Lipinski definition) is 5. The van der Waals surface area contributed by atoms with Crippen LogP contribution in [-0.4, -0.2) is 28.4 Å². The first-order valence-corrected chi connectivity index (χ1v) is 12.0. The first kappa shape index (κ1) is 25.5. The van der Waals surface area contributed by atoms with Crippen LogP contribution in [0.5, 0.6) is 5.75 Å². The van der Waals surface area contributed by atoms with E-state index in [4.69, 9.17) is 4.74 Å². The van der Waals surface area contributed by atoms with E-state index >= 15 is 0 Å². The molecule has 3 aromatic carbocycles. The van der Waals surface area contributed by atoms with Gasteiger partial charge < -0.3 is 10.1 Å². The van der Waals surface area contributed by atoms with Crippen molar-refractivity contribution in [2.75, 3.05) is 16.8 Å². The molecule has 0 bridgehead atoms. The van der Waals surface area contributed by atoms with Crippen molar-refractivity contribution in [2.24, 2.45) is 0 Å². The van der Waals surface area contributed by atoms with Gasteiger partial charge in [-0.25, -0.2) is 9.37 Å². The van der Waals surface area contributed by atoms with Crippen molar-refractivity contribution in [3.63, 3.8) is 0 Å². The highest BCUT2D eigenvalue weighted by Gasteiger charge is 2.34. The van der Waals surface area contributed by atoms with E-state index in [2.05, 4.69) is 15.3 Å². The molecule has 37 heavy (non-hydrogen) atoms. The van der Waals surface area contributed by atoms with Crippen LogP contribution >= 0.6 is 0 Å². The molecule has 0 radical (unpaired) electrons. The average Bonchev–Trinajstić information content (AvgIpc) is 2.93. The maximum Gasteiger partial charge on any atom is 0.279 e. The number of ether oxygens (including phenoxy) is 1. The molecule has 1 atom stereocenters. The molecule has 188 valence electrons. The number of aromatic nitrogens is 2. The van der Waals surface area contributed by atoms with Crippen LogP contribution in [-0.2, 0) is 11.2 Å². The van der Waals surface area contributed by atoms with E-state index < -0.39 is 23.7 Å². The lowest BCUT2D eigenvalue weighted by Crippen LogP contribution is -2.42. The van der Waals surface area contributed by atoms with Crippen molar-refractivity contribution < 1.29 is 18.7 Å². The maximum absolute atomic E-state index is 13.9. The number of carbonyl (C=O) groups is 2. The molecule has 0 saturated carbocycles. The third-order valence-electron chi connectivity index (χ3n) is 5.73. The number of halogens is 1. The zero-order valence-corrected chi connectivity index (χ0v) is 20.6. The lowest BCUT2D eigenvalue weighted by Gasteiger charge is -2.31. The van der Waals surface area contributed by atoms with Crippen molar-refractivity contribution in [2.45, 2.75) is 26.3 Å². The summed E-state index contributed by atoms with van der Waals surface area (Å²) in [6, 6.07) is 18.9. The Morgan fingerprint density at radius 2 is 1.76 bits per heavy atom. The summed E-state index contributed by atoms with van der Waals surface area (Å²) in [5, 5.41) is 2.83. The summed E-state index contributed by atoms with van der Waals surface area (Å²) < 4.78 is 19.1. The highest BCUT2D eigenvalue weighted by molar-refractivity contribution is 6.11. The van der Waals surface area contributed by atoms with Crippen LogP contribution < -0.4 is 15.0 Å². The van der Waals surface area contributed by atoms with E-state index in [1.807, 2.05) is 38.1 Å². The first-order valence-electron chi connectivity index (χ1n) is 12.0. The molecule has 4 aromatic rings. The number of nitrogens with one attached hydrogen (secondary N) is 1. The maximum atomic E-state index is 13.9. The predicted molar refractivity (Wildman–Crippen MR) is 140 cm³/mol. The Hall–Kier alpha value is -4.59. The van der Waals surface area contributed by atoms with Gasteiger partial charge in [0.25, 0.3) is 11.8 Å². The van der Waals surface area contributed by atoms with Gasteiger partial charge in [0.1, 0.15) is 23.3 Å². The van der Waals surface area contributed by atoms with Gasteiger partial charge in [0.15, 0.2) is 0 Å². The smallest absolute Gasteiger partial charge is 0.279 e. The third kappa shape index (κ3) is 6.16. The van der Waals surface area contributed by atoms with Crippen LogP contribution in [0.4, 0.5) is 15.8 Å². The molecule has 0 fully saturated rings. The molecule has 7 nitrogen and oxygen atoms in total. The van der Waals surface area contributed by atoms with Gasteiger partial charge in [0, 0.05) is 29.8 Å². The Labute approximate surface area is 215 Å². The van der Waals surface area contributed by atoms with Crippen LogP contribution in [0.1, 0.15) is 41.5 Å². The number of nitrogens with zero attached hydrogens (tertiary/aromatic N) is 3. The molecular formula is C29H27FN4O3. The van der Waals surface area contributed by atoms with Crippen molar-refractivity contribution in [3.05, 3.63) is 114 Å². The zero-order valence-electron chi connectivity index (χ0n) is 20.6. The van der Waals surface area contributed by atoms with Crippen molar-refractivity contribution >= 4 is 23.2 Å². The third-order valence-corrected chi connectivity index (χ3v) is 5.73. The summed E-state index contributed by atoms with van der Waals surface area (Å²) in [4.78, 5) is 37.4. The van der Waals surface area contributed by atoms with Crippen LogP contribution in [0.25, 0.3) is 0 Å². The summed E-state index contributed by atoms with van der Waals surface area (Å²) in [6.07, 6.45) is 5.08. The Morgan fingerprint density at radius 1 is 1.00 bits per heavy atom. The monoisotopic (exact) mass is 498 g/mol. The SMILES string of the molecule is CCOc1cccc(N(C(=O)c2cnccn2)C(C(=O)Nc2ccc(F)cc2)c2ccc(CC)cc2)c1. The second-order valence-electron chi connectivity index (χ2n) is 8.19.